The van der Waals surface area contributed by atoms with Gasteiger partial charge in [0, 0.05) is 0 Å². The van der Waals surface area contributed by atoms with E-state index in [0.29, 0.717) is 12.0 Å². The van der Waals surface area contributed by atoms with Crippen molar-refractivity contribution in [2.24, 2.45) is 0 Å². The van der Waals surface area contributed by atoms with Crippen molar-refractivity contribution >= 4 is 17.9 Å². The summed E-state index contributed by atoms with van der Waals surface area (Å²) in [5.74, 6) is 0.247. The van der Waals surface area contributed by atoms with E-state index >= 15 is 0 Å². The first-order chi connectivity index (χ1) is 11.7. The number of hydrogen-bond acceptors (Lipinski definition) is 4. The van der Waals surface area contributed by atoms with Gasteiger partial charge < -0.3 is 9.47 Å². The van der Waals surface area contributed by atoms with Crippen LogP contribution in [0.5, 0.6) is 5.75 Å². The summed E-state index contributed by atoms with van der Waals surface area (Å²) in [6, 6.07) is 15.0. The van der Waals surface area contributed by atoms with Crippen LogP contribution in [0.1, 0.15) is 16.7 Å². The second-order valence-electron chi connectivity index (χ2n) is 5.07. The van der Waals surface area contributed by atoms with Crippen molar-refractivity contribution in [2.75, 3.05) is 7.11 Å². The van der Waals surface area contributed by atoms with E-state index in [0.717, 1.165) is 16.9 Å². The van der Waals surface area contributed by atoms with E-state index in [4.69, 9.17) is 9.47 Å². The molecule has 0 radical (unpaired) electrons. The van der Waals surface area contributed by atoms with E-state index in [1.807, 2.05) is 49.4 Å². The lowest BCUT2D eigenvalue weighted by atomic mass is 10.0. The molecule has 0 fully saturated rings. The summed E-state index contributed by atoms with van der Waals surface area (Å²) >= 11 is 0. The molecule has 24 heavy (non-hydrogen) atoms. The normalized spacial score (nSPS) is 10.8. The van der Waals surface area contributed by atoms with Gasteiger partial charge in [-0.1, -0.05) is 42.5 Å². The van der Waals surface area contributed by atoms with Gasteiger partial charge in [-0.2, -0.15) is 0 Å². The van der Waals surface area contributed by atoms with Crippen LogP contribution >= 0.6 is 0 Å². The minimum Gasteiger partial charge on any atom is -0.504 e. The molecule has 0 saturated carbocycles. The zero-order valence-corrected chi connectivity index (χ0v) is 13.6. The van der Waals surface area contributed by atoms with Crippen molar-refractivity contribution in [1.29, 1.82) is 0 Å². The average molecular weight is 325 g/mol. The molecule has 1 N–H and O–H groups in total. The summed E-state index contributed by atoms with van der Waals surface area (Å²) < 4.78 is 10.8. The first-order valence-electron chi connectivity index (χ1n) is 7.41. The van der Waals surface area contributed by atoms with Crippen LogP contribution in [0, 0.1) is 6.92 Å². The average Bonchev–Trinajstić information content (AvgIpc) is 2.59. The van der Waals surface area contributed by atoms with Gasteiger partial charge in [-0.05, 0) is 29.7 Å². The fourth-order valence-electron chi connectivity index (χ4n) is 2.27. The fraction of sp³-hybridized carbons (Fsp3) is 0.158. The highest BCUT2D eigenvalue weighted by molar-refractivity contribution is 6.22. The van der Waals surface area contributed by atoms with Gasteiger partial charge in [0.05, 0.1) is 18.9 Å². The van der Waals surface area contributed by atoms with Crippen molar-refractivity contribution in [1.82, 2.24) is 5.32 Å². The molecule has 2 aromatic carbocycles. The van der Waals surface area contributed by atoms with Crippen LogP contribution in [0.3, 0.4) is 0 Å². The highest BCUT2D eigenvalue weighted by atomic mass is 16.5. The molecule has 0 spiro atoms. The molecule has 0 atom stereocenters. The van der Waals surface area contributed by atoms with Crippen LogP contribution in [0.4, 0.5) is 0 Å². The minimum absolute atomic E-state index is 0.258. The van der Waals surface area contributed by atoms with E-state index in [1.165, 1.54) is 13.4 Å². The molecular weight excluding hydrogens is 306 g/mol. The van der Waals surface area contributed by atoms with Gasteiger partial charge in [0.25, 0.3) is 5.91 Å². The Morgan fingerprint density at radius 1 is 1.12 bits per heavy atom. The summed E-state index contributed by atoms with van der Waals surface area (Å²) in [5.41, 5.74) is 2.74. The molecule has 0 aromatic heterocycles. The Labute approximate surface area is 140 Å². The van der Waals surface area contributed by atoms with E-state index < -0.39 is 5.91 Å². The predicted molar refractivity (Wildman–Crippen MR) is 91.1 cm³/mol. The van der Waals surface area contributed by atoms with Crippen LogP contribution in [0.25, 0.3) is 5.57 Å². The number of benzene rings is 2. The van der Waals surface area contributed by atoms with Gasteiger partial charge in [-0.15, -0.1) is 0 Å². The minimum atomic E-state index is -0.532. The number of carbonyl (C=O) groups is 2. The number of para-hydroxylation sites is 1. The van der Waals surface area contributed by atoms with Crippen molar-refractivity contribution in [3.8, 4) is 5.75 Å². The third-order valence-electron chi connectivity index (χ3n) is 3.45. The second kappa shape index (κ2) is 8.53. The largest absolute Gasteiger partial charge is 0.504 e. The lowest BCUT2D eigenvalue weighted by molar-refractivity contribution is -0.121. The summed E-state index contributed by atoms with van der Waals surface area (Å²) in [7, 11) is 1.45. The molecule has 0 heterocycles. The Morgan fingerprint density at radius 3 is 2.54 bits per heavy atom. The number of carbonyl (C=O) groups excluding carboxylic acids is 2. The second-order valence-corrected chi connectivity index (χ2v) is 5.07. The number of aryl methyl sites for hydroxylation is 1. The standard InChI is InChI=1S/C19H19NO4/c1-14-7-3-6-10-18(14)24-11-15-8-4-5-9-16(15)17(12-23-2)19(22)20-13-21/h3-10,12-13H,11H2,1-2H3,(H,20,21,22)/b17-12+. The molecule has 5 nitrogen and oxygen atoms in total. The Bertz CT molecular complexity index is 753. The van der Waals surface area contributed by atoms with Gasteiger partial charge in [-0.3, -0.25) is 14.9 Å². The van der Waals surface area contributed by atoms with E-state index in [2.05, 4.69) is 5.32 Å². The van der Waals surface area contributed by atoms with Gasteiger partial charge in [0.1, 0.15) is 12.4 Å². The van der Waals surface area contributed by atoms with E-state index in [-0.39, 0.29) is 12.2 Å². The topological polar surface area (TPSA) is 64.6 Å². The molecule has 0 unspecified atom stereocenters. The molecule has 0 bridgehead atoms. The Balaban J connectivity index is 2.29. The molecule has 0 aliphatic carbocycles. The number of amides is 2. The summed E-state index contributed by atoms with van der Waals surface area (Å²) in [5, 5.41) is 2.13. The van der Waals surface area contributed by atoms with Crippen LogP contribution in [0.15, 0.2) is 54.8 Å². The molecular formula is C19H19NO4. The van der Waals surface area contributed by atoms with Gasteiger partial charge in [0.2, 0.25) is 6.41 Å². The van der Waals surface area contributed by atoms with Crippen LogP contribution in [0.2, 0.25) is 0 Å². The Kier molecular flexibility index (Phi) is 6.14. The smallest absolute Gasteiger partial charge is 0.261 e. The van der Waals surface area contributed by atoms with Crippen LogP contribution in [-0.4, -0.2) is 19.4 Å². The van der Waals surface area contributed by atoms with Crippen LogP contribution in [-0.2, 0) is 20.9 Å². The molecule has 124 valence electrons. The number of imide groups is 1. The maximum Gasteiger partial charge on any atom is 0.261 e. The number of hydrogen-bond donors (Lipinski definition) is 1. The fourth-order valence-corrected chi connectivity index (χ4v) is 2.27. The predicted octanol–water partition coefficient (Wildman–Crippen LogP) is 2.83. The summed E-state index contributed by atoms with van der Waals surface area (Å²) in [6.45, 7) is 2.26. The first-order valence-corrected chi connectivity index (χ1v) is 7.41. The summed E-state index contributed by atoms with van der Waals surface area (Å²) in [6.07, 6.45) is 1.66. The monoisotopic (exact) mass is 325 g/mol. The molecule has 2 amide bonds. The quantitative estimate of drug-likeness (QED) is 0.483. The number of ether oxygens (including phenoxy) is 2. The highest BCUT2D eigenvalue weighted by Gasteiger charge is 2.16. The lowest BCUT2D eigenvalue weighted by Crippen LogP contribution is -2.23. The van der Waals surface area contributed by atoms with Gasteiger partial charge in [-0.25, -0.2) is 0 Å². The summed E-state index contributed by atoms with van der Waals surface area (Å²) in [4.78, 5) is 22.6. The van der Waals surface area contributed by atoms with Crippen molar-refractivity contribution in [2.45, 2.75) is 13.5 Å². The SMILES string of the molecule is CO/C=C(/C(=O)NC=O)c1ccccc1COc1ccccc1C. The van der Waals surface area contributed by atoms with Crippen molar-refractivity contribution in [3.63, 3.8) is 0 Å². The molecule has 2 rings (SSSR count). The number of rotatable bonds is 7. The lowest BCUT2D eigenvalue weighted by Gasteiger charge is -2.14. The molecule has 0 saturated heterocycles. The zero-order valence-electron chi connectivity index (χ0n) is 13.6. The van der Waals surface area contributed by atoms with Crippen molar-refractivity contribution < 1.29 is 19.1 Å². The Morgan fingerprint density at radius 2 is 1.83 bits per heavy atom. The van der Waals surface area contributed by atoms with E-state index in [9.17, 15) is 9.59 Å². The van der Waals surface area contributed by atoms with Gasteiger partial charge in [0.15, 0.2) is 0 Å². The maximum atomic E-state index is 12.1. The maximum absolute atomic E-state index is 12.1. The molecule has 0 aliphatic rings. The highest BCUT2D eigenvalue weighted by Crippen LogP contribution is 2.23. The first kappa shape index (κ1) is 17.3. The van der Waals surface area contributed by atoms with Gasteiger partial charge >= 0.3 is 0 Å². The zero-order chi connectivity index (χ0) is 17.4. The van der Waals surface area contributed by atoms with E-state index in [1.54, 1.807) is 6.07 Å². The molecule has 2 aromatic rings. The third kappa shape index (κ3) is 4.23. The molecule has 0 aliphatic heterocycles. The van der Waals surface area contributed by atoms with Crippen molar-refractivity contribution in [3.05, 3.63) is 71.5 Å². The number of nitrogens with one attached hydrogen (secondary N) is 1. The Hall–Kier alpha value is -3.08. The van der Waals surface area contributed by atoms with Crippen LogP contribution < -0.4 is 10.1 Å². The molecule has 5 heteroatoms. The third-order valence-corrected chi connectivity index (χ3v) is 3.45. The number of methoxy groups -OCH3 is 1.